The second kappa shape index (κ2) is 3.56. The standard InChI is InChI=1S/C14H13NO/c1-2-10-6-5-8-12-14(10)16-13-9-4-3-7-11(13)15-12/h3-9,15H,2H2,1H3. The van der Waals surface area contributed by atoms with E-state index in [1.807, 2.05) is 30.3 Å². The van der Waals surface area contributed by atoms with Crippen molar-refractivity contribution in [3.63, 3.8) is 0 Å². The van der Waals surface area contributed by atoms with Crippen LogP contribution in [0.4, 0.5) is 11.4 Å². The summed E-state index contributed by atoms with van der Waals surface area (Å²) in [5.74, 6) is 1.86. The predicted octanol–water partition coefficient (Wildman–Crippen LogP) is 4.10. The molecule has 0 atom stereocenters. The van der Waals surface area contributed by atoms with Gasteiger partial charge in [-0.05, 0) is 30.2 Å². The van der Waals surface area contributed by atoms with Gasteiger partial charge in [0.15, 0.2) is 11.5 Å². The normalized spacial score (nSPS) is 12.1. The first kappa shape index (κ1) is 9.28. The fourth-order valence-electron chi connectivity index (χ4n) is 2.00. The summed E-state index contributed by atoms with van der Waals surface area (Å²) in [7, 11) is 0. The molecule has 1 aliphatic rings. The molecule has 1 heterocycles. The maximum atomic E-state index is 5.94. The first-order valence-electron chi connectivity index (χ1n) is 5.54. The molecule has 1 aliphatic heterocycles. The number of anilines is 2. The van der Waals surface area contributed by atoms with Crippen molar-refractivity contribution in [3.05, 3.63) is 48.0 Å². The van der Waals surface area contributed by atoms with Crippen LogP contribution < -0.4 is 10.1 Å². The number of aryl methyl sites for hydroxylation is 1. The van der Waals surface area contributed by atoms with Gasteiger partial charge in [0, 0.05) is 0 Å². The van der Waals surface area contributed by atoms with Gasteiger partial charge in [0.25, 0.3) is 0 Å². The lowest BCUT2D eigenvalue weighted by Crippen LogP contribution is -2.04. The van der Waals surface area contributed by atoms with Crippen LogP contribution in [-0.4, -0.2) is 0 Å². The predicted molar refractivity (Wildman–Crippen MR) is 65.6 cm³/mol. The van der Waals surface area contributed by atoms with Crippen molar-refractivity contribution in [1.82, 2.24) is 0 Å². The molecule has 0 unspecified atom stereocenters. The maximum Gasteiger partial charge on any atom is 0.154 e. The van der Waals surface area contributed by atoms with Gasteiger partial charge in [-0.1, -0.05) is 31.2 Å². The summed E-state index contributed by atoms with van der Waals surface area (Å²) in [6.45, 7) is 2.14. The molecule has 0 saturated carbocycles. The SMILES string of the molecule is CCc1cccc2c1Oc1ccccc1N2. The van der Waals surface area contributed by atoms with Crippen LogP contribution in [0.25, 0.3) is 0 Å². The molecule has 2 aromatic carbocycles. The van der Waals surface area contributed by atoms with E-state index in [9.17, 15) is 0 Å². The number of para-hydroxylation sites is 3. The van der Waals surface area contributed by atoms with Crippen molar-refractivity contribution in [3.8, 4) is 11.5 Å². The molecule has 0 aromatic heterocycles. The molecule has 0 amide bonds. The van der Waals surface area contributed by atoms with Crippen LogP contribution >= 0.6 is 0 Å². The van der Waals surface area contributed by atoms with E-state index in [0.29, 0.717) is 0 Å². The highest BCUT2D eigenvalue weighted by molar-refractivity contribution is 5.76. The van der Waals surface area contributed by atoms with Gasteiger partial charge in [-0.2, -0.15) is 0 Å². The highest BCUT2D eigenvalue weighted by Gasteiger charge is 2.17. The Hall–Kier alpha value is -1.96. The third-order valence-corrected chi connectivity index (χ3v) is 2.85. The van der Waals surface area contributed by atoms with Crippen LogP contribution in [0, 0.1) is 0 Å². The second-order valence-electron chi connectivity index (χ2n) is 3.87. The van der Waals surface area contributed by atoms with E-state index in [4.69, 9.17) is 4.74 Å². The van der Waals surface area contributed by atoms with Gasteiger partial charge in [0.05, 0.1) is 11.4 Å². The number of benzene rings is 2. The van der Waals surface area contributed by atoms with Gasteiger partial charge in [-0.3, -0.25) is 0 Å². The number of ether oxygens (including phenoxy) is 1. The van der Waals surface area contributed by atoms with E-state index in [-0.39, 0.29) is 0 Å². The molecule has 0 saturated heterocycles. The van der Waals surface area contributed by atoms with E-state index in [0.717, 1.165) is 29.3 Å². The van der Waals surface area contributed by atoms with Gasteiger partial charge in [0.1, 0.15) is 0 Å². The van der Waals surface area contributed by atoms with E-state index >= 15 is 0 Å². The molecular weight excluding hydrogens is 198 g/mol. The zero-order valence-corrected chi connectivity index (χ0v) is 9.16. The Morgan fingerprint density at radius 1 is 1.00 bits per heavy atom. The van der Waals surface area contributed by atoms with E-state index in [1.165, 1.54) is 5.56 Å². The quantitative estimate of drug-likeness (QED) is 0.654. The number of nitrogens with one attached hydrogen (secondary N) is 1. The van der Waals surface area contributed by atoms with Crippen LogP contribution in [0.15, 0.2) is 42.5 Å². The monoisotopic (exact) mass is 211 g/mol. The minimum Gasteiger partial charge on any atom is -0.453 e. The lowest BCUT2D eigenvalue weighted by atomic mass is 10.1. The largest absolute Gasteiger partial charge is 0.453 e. The summed E-state index contributed by atoms with van der Waals surface area (Å²) in [6.07, 6.45) is 0.979. The third kappa shape index (κ3) is 1.34. The summed E-state index contributed by atoms with van der Waals surface area (Å²) in [4.78, 5) is 0. The van der Waals surface area contributed by atoms with Crippen molar-refractivity contribution < 1.29 is 4.74 Å². The van der Waals surface area contributed by atoms with Gasteiger partial charge < -0.3 is 10.1 Å². The summed E-state index contributed by atoms with van der Waals surface area (Å²) in [5, 5.41) is 3.39. The smallest absolute Gasteiger partial charge is 0.154 e. The Morgan fingerprint density at radius 3 is 2.69 bits per heavy atom. The highest BCUT2D eigenvalue weighted by Crippen LogP contribution is 2.43. The second-order valence-corrected chi connectivity index (χ2v) is 3.87. The van der Waals surface area contributed by atoms with Crippen molar-refractivity contribution in [2.75, 3.05) is 5.32 Å². The molecule has 2 aromatic rings. The molecule has 2 nitrogen and oxygen atoms in total. The molecular formula is C14H13NO. The maximum absolute atomic E-state index is 5.94. The summed E-state index contributed by atoms with van der Waals surface area (Å²) in [5.41, 5.74) is 3.32. The molecule has 16 heavy (non-hydrogen) atoms. The molecule has 80 valence electrons. The Bertz CT molecular complexity index is 534. The van der Waals surface area contributed by atoms with Crippen molar-refractivity contribution in [2.45, 2.75) is 13.3 Å². The fourth-order valence-corrected chi connectivity index (χ4v) is 2.00. The molecule has 1 N–H and O–H groups in total. The molecule has 3 rings (SSSR count). The Balaban J connectivity index is 2.12. The van der Waals surface area contributed by atoms with Crippen molar-refractivity contribution in [1.29, 1.82) is 0 Å². The molecule has 2 heteroatoms. The Kier molecular flexibility index (Phi) is 2.07. The van der Waals surface area contributed by atoms with Crippen LogP contribution in [0.2, 0.25) is 0 Å². The van der Waals surface area contributed by atoms with Crippen LogP contribution in [0.5, 0.6) is 11.5 Å². The first-order valence-corrected chi connectivity index (χ1v) is 5.54. The summed E-state index contributed by atoms with van der Waals surface area (Å²) < 4.78 is 5.94. The Labute approximate surface area is 94.9 Å². The molecule has 0 radical (unpaired) electrons. The molecule has 0 bridgehead atoms. The number of hydrogen-bond donors (Lipinski definition) is 1. The first-order chi connectivity index (χ1) is 7.88. The number of rotatable bonds is 1. The van der Waals surface area contributed by atoms with E-state index in [2.05, 4.69) is 24.4 Å². The average molecular weight is 211 g/mol. The minimum atomic E-state index is 0.899. The topological polar surface area (TPSA) is 21.3 Å². The fraction of sp³-hybridized carbons (Fsp3) is 0.143. The van der Waals surface area contributed by atoms with Crippen LogP contribution in [0.3, 0.4) is 0 Å². The summed E-state index contributed by atoms with van der Waals surface area (Å²) in [6, 6.07) is 14.2. The number of hydrogen-bond acceptors (Lipinski definition) is 2. The lowest BCUT2D eigenvalue weighted by Gasteiger charge is -2.23. The number of fused-ring (bicyclic) bond motifs is 2. The molecule has 0 aliphatic carbocycles. The Morgan fingerprint density at radius 2 is 1.81 bits per heavy atom. The van der Waals surface area contributed by atoms with Crippen LogP contribution in [0.1, 0.15) is 12.5 Å². The average Bonchev–Trinajstić information content (AvgIpc) is 2.35. The van der Waals surface area contributed by atoms with Gasteiger partial charge in [-0.15, -0.1) is 0 Å². The van der Waals surface area contributed by atoms with Gasteiger partial charge in [0.2, 0.25) is 0 Å². The van der Waals surface area contributed by atoms with Gasteiger partial charge >= 0.3 is 0 Å². The summed E-state index contributed by atoms with van der Waals surface area (Å²) >= 11 is 0. The van der Waals surface area contributed by atoms with E-state index < -0.39 is 0 Å². The lowest BCUT2D eigenvalue weighted by molar-refractivity contribution is 0.475. The zero-order chi connectivity index (χ0) is 11.0. The van der Waals surface area contributed by atoms with Crippen molar-refractivity contribution in [2.24, 2.45) is 0 Å². The zero-order valence-electron chi connectivity index (χ0n) is 9.16. The van der Waals surface area contributed by atoms with Crippen molar-refractivity contribution >= 4 is 11.4 Å². The molecule has 0 fully saturated rings. The van der Waals surface area contributed by atoms with Gasteiger partial charge in [-0.25, -0.2) is 0 Å². The highest BCUT2D eigenvalue weighted by atomic mass is 16.5. The van der Waals surface area contributed by atoms with E-state index in [1.54, 1.807) is 0 Å². The third-order valence-electron chi connectivity index (χ3n) is 2.85. The molecule has 0 spiro atoms. The minimum absolute atomic E-state index is 0.899. The van der Waals surface area contributed by atoms with Crippen LogP contribution in [-0.2, 0) is 6.42 Å².